The predicted molar refractivity (Wildman–Crippen MR) is 352 cm³/mol. The molecular formula is C75H120O6. The fourth-order valence-corrected chi connectivity index (χ4v) is 8.71. The van der Waals surface area contributed by atoms with Gasteiger partial charge >= 0.3 is 17.9 Å². The number of rotatable bonds is 58. The highest BCUT2D eigenvalue weighted by molar-refractivity contribution is 5.71. The first-order valence-electron chi connectivity index (χ1n) is 33.0. The molecule has 0 aliphatic heterocycles. The van der Waals surface area contributed by atoms with Gasteiger partial charge in [-0.25, -0.2) is 0 Å². The highest BCUT2D eigenvalue weighted by atomic mass is 16.6. The minimum absolute atomic E-state index is 0.118. The SMILES string of the molecule is CC/C=C\C/C=C\C/C=C\C/C=C\C/C=C\C/C=C\CCC(=O)OC(COC(=O)CCCCCCC/C=C\C/C=C\C/C=C\CC)COC(=O)CCCCCCCCCCCCCCCCCC/C=C\C/C=C\C/C=C\C/C=C\CC. The van der Waals surface area contributed by atoms with Crippen LogP contribution < -0.4 is 0 Å². The van der Waals surface area contributed by atoms with Crippen molar-refractivity contribution in [2.24, 2.45) is 0 Å². The van der Waals surface area contributed by atoms with E-state index in [0.29, 0.717) is 19.3 Å². The van der Waals surface area contributed by atoms with Crippen LogP contribution in [-0.2, 0) is 28.6 Å². The lowest BCUT2D eigenvalue weighted by atomic mass is 10.0. The predicted octanol–water partition coefficient (Wildman–Crippen LogP) is 22.9. The number of hydrogen-bond acceptors (Lipinski definition) is 6. The van der Waals surface area contributed by atoms with Crippen molar-refractivity contribution in [3.8, 4) is 0 Å². The molecule has 0 radical (unpaired) electrons. The lowest BCUT2D eigenvalue weighted by Crippen LogP contribution is -2.30. The van der Waals surface area contributed by atoms with Crippen LogP contribution in [0.5, 0.6) is 0 Å². The van der Waals surface area contributed by atoms with Crippen LogP contribution in [0, 0.1) is 0 Å². The summed E-state index contributed by atoms with van der Waals surface area (Å²) >= 11 is 0. The molecule has 6 heteroatoms. The molecule has 1 unspecified atom stereocenters. The van der Waals surface area contributed by atoms with Crippen LogP contribution in [0.25, 0.3) is 0 Å². The van der Waals surface area contributed by atoms with Gasteiger partial charge in [-0.1, -0.05) is 288 Å². The lowest BCUT2D eigenvalue weighted by Gasteiger charge is -2.18. The molecule has 0 N–H and O–H groups in total. The molecule has 1 atom stereocenters. The van der Waals surface area contributed by atoms with Gasteiger partial charge in [-0.3, -0.25) is 14.4 Å². The Balaban J connectivity index is 4.39. The summed E-state index contributed by atoms with van der Waals surface area (Å²) in [5, 5.41) is 0. The third-order valence-electron chi connectivity index (χ3n) is 13.5. The maximum absolute atomic E-state index is 12.9. The smallest absolute Gasteiger partial charge is 0.306 e. The highest BCUT2D eigenvalue weighted by Crippen LogP contribution is 2.16. The Bertz CT molecular complexity index is 1810. The molecule has 0 bridgehead atoms. The van der Waals surface area contributed by atoms with Gasteiger partial charge in [0, 0.05) is 19.3 Å². The number of ether oxygens (including phenoxy) is 3. The number of hydrogen-bond donors (Lipinski definition) is 0. The van der Waals surface area contributed by atoms with E-state index in [1.165, 1.54) is 89.9 Å². The fourth-order valence-electron chi connectivity index (χ4n) is 8.71. The van der Waals surface area contributed by atoms with Crippen molar-refractivity contribution in [3.05, 3.63) is 158 Å². The Kier molecular flexibility index (Phi) is 63.4. The van der Waals surface area contributed by atoms with Gasteiger partial charge < -0.3 is 14.2 Å². The molecule has 0 rings (SSSR count). The second-order valence-electron chi connectivity index (χ2n) is 21.2. The Morgan fingerprint density at radius 3 is 0.741 bits per heavy atom. The Morgan fingerprint density at radius 1 is 0.247 bits per heavy atom. The van der Waals surface area contributed by atoms with E-state index in [1.54, 1.807) is 0 Å². The van der Waals surface area contributed by atoms with Crippen LogP contribution in [0.2, 0.25) is 0 Å². The van der Waals surface area contributed by atoms with Crippen LogP contribution >= 0.6 is 0 Å². The first-order valence-corrected chi connectivity index (χ1v) is 33.0. The van der Waals surface area contributed by atoms with E-state index in [2.05, 4.69) is 173 Å². The zero-order valence-electron chi connectivity index (χ0n) is 52.2. The van der Waals surface area contributed by atoms with Gasteiger partial charge in [-0.2, -0.15) is 0 Å². The molecule has 0 saturated heterocycles. The maximum Gasteiger partial charge on any atom is 0.306 e. The van der Waals surface area contributed by atoms with Crippen molar-refractivity contribution in [3.63, 3.8) is 0 Å². The molecule has 0 aromatic heterocycles. The van der Waals surface area contributed by atoms with Crippen molar-refractivity contribution in [2.45, 2.75) is 284 Å². The van der Waals surface area contributed by atoms with E-state index >= 15 is 0 Å². The summed E-state index contributed by atoms with van der Waals surface area (Å²) in [7, 11) is 0. The summed E-state index contributed by atoms with van der Waals surface area (Å²) in [6, 6.07) is 0. The summed E-state index contributed by atoms with van der Waals surface area (Å²) in [5.74, 6) is -1.02. The van der Waals surface area contributed by atoms with Crippen molar-refractivity contribution < 1.29 is 28.6 Å². The van der Waals surface area contributed by atoms with Gasteiger partial charge in [0.1, 0.15) is 13.2 Å². The summed E-state index contributed by atoms with van der Waals surface area (Å²) in [5.41, 5.74) is 0. The van der Waals surface area contributed by atoms with Gasteiger partial charge in [-0.05, 0) is 128 Å². The number of unbranched alkanes of at least 4 members (excludes halogenated alkanes) is 21. The summed E-state index contributed by atoms with van der Waals surface area (Å²) < 4.78 is 16.8. The van der Waals surface area contributed by atoms with Crippen molar-refractivity contribution in [1.82, 2.24) is 0 Å². The van der Waals surface area contributed by atoms with Crippen LogP contribution in [-0.4, -0.2) is 37.2 Å². The van der Waals surface area contributed by atoms with Gasteiger partial charge in [0.05, 0.1) is 0 Å². The third kappa shape index (κ3) is 65.7. The molecule has 6 nitrogen and oxygen atoms in total. The summed E-state index contributed by atoms with van der Waals surface area (Å²) in [4.78, 5) is 38.3. The first-order chi connectivity index (χ1) is 40.0. The van der Waals surface area contributed by atoms with E-state index in [9.17, 15) is 14.4 Å². The number of esters is 3. The Labute approximate surface area is 499 Å². The number of carbonyl (C=O) groups is 3. The molecule has 81 heavy (non-hydrogen) atoms. The van der Waals surface area contributed by atoms with Gasteiger partial charge in [0.25, 0.3) is 0 Å². The molecule has 0 aliphatic carbocycles. The molecule has 0 amide bonds. The van der Waals surface area contributed by atoms with E-state index in [4.69, 9.17) is 14.2 Å². The minimum atomic E-state index is -0.833. The molecule has 0 spiro atoms. The van der Waals surface area contributed by atoms with Crippen LogP contribution in [0.15, 0.2) is 158 Å². The maximum atomic E-state index is 12.9. The second kappa shape index (κ2) is 67.5. The summed E-state index contributed by atoms with van der Waals surface area (Å²) in [6.45, 7) is 6.23. The van der Waals surface area contributed by atoms with Crippen LogP contribution in [0.3, 0.4) is 0 Å². The quantitative estimate of drug-likeness (QED) is 0.0261. The Hall–Kier alpha value is -4.97. The third-order valence-corrected chi connectivity index (χ3v) is 13.5. The molecule has 0 saturated carbocycles. The van der Waals surface area contributed by atoms with Crippen LogP contribution in [0.4, 0.5) is 0 Å². The number of allylic oxidation sites excluding steroid dienone is 26. The van der Waals surface area contributed by atoms with E-state index < -0.39 is 12.1 Å². The summed E-state index contributed by atoms with van der Waals surface area (Å²) in [6.07, 6.45) is 98.5. The lowest BCUT2D eigenvalue weighted by molar-refractivity contribution is -0.166. The second-order valence-corrected chi connectivity index (χ2v) is 21.2. The topological polar surface area (TPSA) is 78.9 Å². The van der Waals surface area contributed by atoms with Gasteiger partial charge in [0.2, 0.25) is 0 Å². The van der Waals surface area contributed by atoms with Crippen LogP contribution in [0.1, 0.15) is 278 Å². The molecule has 0 aromatic carbocycles. The van der Waals surface area contributed by atoms with Gasteiger partial charge in [0.15, 0.2) is 6.10 Å². The average Bonchev–Trinajstić information content (AvgIpc) is 3.47. The molecule has 456 valence electrons. The van der Waals surface area contributed by atoms with E-state index in [-0.39, 0.29) is 31.6 Å². The molecular weight excluding hydrogens is 997 g/mol. The minimum Gasteiger partial charge on any atom is -0.462 e. The first kappa shape index (κ1) is 76.0. The average molecular weight is 1120 g/mol. The van der Waals surface area contributed by atoms with Crippen molar-refractivity contribution in [2.75, 3.05) is 13.2 Å². The zero-order valence-corrected chi connectivity index (χ0v) is 52.2. The van der Waals surface area contributed by atoms with Crippen molar-refractivity contribution >= 4 is 17.9 Å². The largest absolute Gasteiger partial charge is 0.462 e. The molecule has 0 aromatic rings. The molecule has 0 aliphatic rings. The van der Waals surface area contributed by atoms with E-state index in [1.807, 2.05) is 6.08 Å². The fraction of sp³-hybridized carbons (Fsp3) is 0.613. The zero-order chi connectivity index (χ0) is 58.5. The standard InChI is InChI=1S/C75H120O6/c1-4-7-10-13-16-19-22-25-28-30-32-33-34-35-36-37-38-39-40-41-43-44-47-50-53-56-59-62-65-68-74(77)80-71-72(70-79-73(76)67-64-61-58-55-52-49-46-27-24-21-18-15-12-9-6-3)81-75(78)69-66-63-60-57-54-51-48-45-42-31-29-26-23-20-17-14-11-8-5-2/h7-12,16-21,25-29,32-33,42,45-46,51,54,60,63,72H,4-6,13-15,22-24,30-31,34-41,43-44,47-50,52-53,55-59,61-62,64-71H2,1-3H3/b10-7-,11-8-,12-9-,19-16-,20-17-,21-18-,28-25-,29-26-,33-32-,45-42-,46-27-,54-51-,63-60-. The molecule has 0 fully saturated rings. The Morgan fingerprint density at radius 2 is 0.469 bits per heavy atom. The normalized spacial score (nSPS) is 13.2. The highest BCUT2D eigenvalue weighted by Gasteiger charge is 2.19. The monoisotopic (exact) mass is 1120 g/mol. The van der Waals surface area contributed by atoms with Crippen molar-refractivity contribution in [1.29, 1.82) is 0 Å². The van der Waals surface area contributed by atoms with E-state index in [0.717, 1.165) is 141 Å². The molecule has 0 heterocycles. The van der Waals surface area contributed by atoms with Gasteiger partial charge in [-0.15, -0.1) is 0 Å². The number of carbonyl (C=O) groups excluding carboxylic acids is 3.